The Hall–Kier alpha value is -2.35. The summed E-state index contributed by atoms with van der Waals surface area (Å²) in [5, 5.41) is 6.27. The fourth-order valence-electron chi connectivity index (χ4n) is 2.79. The van der Waals surface area contributed by atoms with E-state index in [2.05, 4.69) is 21.5 Å². The van der Waals surface area contributed by atoms with Crippen molar-refractivity contribution in [1.29, 1.82) is 0 Å². The van der Waals surface area contributed by atoms with E-state index in [1.54, 1.807) is 7.11 Å². The first-order chi connectivity index (χ1) is 11.8. The Bertz CT molecular complexity index is 587. The minimum absolute atomic E-state index is 0.275. The first kappa shape index (κ1) is 18.0. The second kappa shape index (κ2) is 9.71. The Morgan fingerprint density at radius 2 is 2.12 bits per heavy atom. The summed E-state index contributed by atoms with van der Waals surface area (Å²) in [4.78, 5) is 4.60. The number of hydrogen-bond acceptors (Lipinski definition) is 3. The molecule has 1 aromatic carbocycles. The van der Waals surface area contributed by atoms with Crippen LogP contribution in [0, 0.1) is 12.3 Å². The van der Waals surface area contributed by atoms with Crippen molar-refractivity contribution in [2.45, 2.75) is 45.3 Å². The molecule has 1 saturated carbocycles. The van der Waals surface area contributed by atoms with Crippen LogP contribution in [-0.2, 0) is 6.54 Å². The van der Waals surface area contributed by atoms with Gasteiger partial charge in [0.25, 0.3) is 0 Å². The number of benzene rings is 1. The van der Waals surface area contributed by atoms with E-state index >= 15 is 0 Å². The van der Waals surface area contributed by atoms with Crippen molar-refractivity contribution in [2.24, 2.45) is 4.99 Å². The van der Waals surface area contributed by atoms with Gasteiger partial charge in [0.15, 0.2) is 17.5 Å². The van der Waals surface area contributed by atoms with Crippen LogP contribution < -0.4 is 20.1 Å². The summed E-state index contributed by atoms with van der Waals surface area (Å²) in [6, 6.07) is 5.92. The molecule has 0 atom stereocenters. The molecule has 0 saturated heterocycles. The second-order valence-electron chi connectivity index (χ2n) is 5.73. The molecule has 2 rings (SSSR count). The summed E-state index contributed by atoms with van der Waals surface area (Å²) in [5.74, 6) is 4.82. The van der Waals surface area contributed by atoms with Crippen LogP contribution in [0.15, 0.2) is 23.2 Å². The average molecular weight is 329 g/mol. The van der Waals surface area contributed by atoms with Crippen LogP contribution in [0.25, 0.3) is 0 Å². The molecular weight excluding hydrogens is 302 g/mol. The smallest absolute Gasteiger partial charge is 0.192 e. The second-order valence-corrected chi connectivity index (χ2v) is 5.73. The Balaban J connectivity index is 2.16. The summed E-state index contributed by atoms with van der Waals surface area (Å²) in [5.41, 5.74) is 1.01. The number of nitrogens with zero attached hydrogens (tertiary/aromatic N) is 1. The molecule has 130 valence electrons. The number of rotatable bonds is 7. The Labute approximate surface area is 144 Å². The SMILES string of the molecule is C#CCNC(=NCc1cccc(OC)c1OC1CCCC1)NCC. The Kier molecular flexibility index (Phi) is 7.28. The fourth-order valence-corrected chi connectivity index (χ4v) is 2.79. The number of para-hydroxylation sites is 1. The van der Waals surface area contributed by atoms with Gasteiger partial charge < -0.3 is 20.1 Å². The molecule has 1 fully saturated rings. The molecule has 0 radical (unpaired) electrons. The predicted molar refractivity (Wildman–Crippen MR) is 97.5 cm³/mol. The number of aliphatic imine (C=N–C) groups is 1. The molecule has 1 aliphatic carbocycles. The molecule has 1 aromatic rings. The summed E-state index contributed by atoms with van der Waals surface area (Å²) >= 11 is 0. The first-order valence-corrected chi connectivity index (χ1v) is 8.56. The maximum Gasteiger partial charge on any atom is 0.192 e. The highest BCUT2D eigenvalue weighted by atomic mass is 16.5. The molecule has 0 aliphatic heterocycles. The van der Waals surface area contributed by atoms with Gasteiger partial charge in [-0.2, -0.15) is 0 Å². The maximum absolute atomic E-state index is 6.23. The molecule has 0 aromatic heterocycles. The number of hydrogen-bond donors (Lipinski definition) is 2. The molecule has 0 spiro atoms. The van der Waals surface area contributed by atoms with E-state index in [0.29, 0.717) is 19.0 Å². The molecule has 0 unspecified atom stereocenters. The van der Waals surface area contributed by atoms with Crippen LogP contribution in [-0.4, -0.2) is 32.3 Å². The monoisotopic (exact) mass is 329 g/mol. The number of ether oxygens (including phenoxy) is 2. The highest BCUT2D eigenvalue weighted by Crippen LogP contribution is 2.35. The first-order valence-electron chi connectivity index (χ1n) is 8.56. The zero-order valence-electron chi connectivity index (χ0n) is 14.6. The van der Waals surface area contributed by atoms with Gasteiger partial charge in [-0.25, -0.2) is 4.99 Å². The summed E-state index contributed by atoms with van der Waals surface area (Å²) in [6.07, 6.45) is 10.2. The average Bonchev–Trinajstić information content (AvgIpc) is 3.11. The van der Waals surface area contributed by atoms with E-state index in [-0.39, 0.29) is 6.10 Å². The van der Waals surface area contributed by atoms with Gasteiger partial charge in [-0.15, -0.1) is 6.42 Å². The normalized spacial score (nSPS) is 15.0. The predicted octanol–water partition coefficient (Wildman–Crippen LogP) is 2.70. The summed E-state index contributed by atoms with van der Waals surface area (Å²) in [6.45, 7) is 3.74. The molecule has 24 heavy (non-hydrogen) atoms. The molecule has 0 heterocycles. The fraction of sp³-hybridized carbons (Fsp3) is 0.526. The zero-order chi connectivity index (χ0) is 17.2. The molecule has 0 bridgehead atoms. The minimum Gasteiger partial charge on any atom is -0.493 e. The van der Waals surface area contributed by atoms with E-state index < -0.39 is 0 Å². The quantitative estimate of drug-likeness (QED) is 0.459. The Morgan fingerprint density at radius 1 is 1.33 bits per heavy atom. The van der Waals surface area contributed by atoms with E-state index in [1.807, 2.05) is 25.1 Å². The third-order valence-electron chi connectivity index (χ3n) is 3.98. The standard InChI is InChI=1S/C19H27N3O2/c1-4-13-21-19(20-5-2)22-14-15-9-8-12-17(23-3)18(15)24-16-10-6-7-11-16/h1,8-9,12,16H,5-7,10-11,13-14H2,2-3H3,(H2,20,21,22). The van der Waals surface area contributed by atoms with Gasteiger partial charge in [-0.3, -0.25) is 0 Å². The van der Waals surface area contributed by atoms with Gasteiger partial charge in [0.05, 0.1) is 26.3 Å². The number of methoxy groups -OCH3 is 1. The molecule has 5 nitrogen and oxygen atoms in total. The van der Waals surface area contributed by atoms with Crippen molar-refractivity contribution in [3.8, 4) is 23.8 Å². The molecule has 1 aliphatic rings. The van der Waals surface area contributed by atoms with Gasteiger partial charge in [0.1, 0.15) is 0 Å². The van der Waals surface area contributed by atoms with Gasteiger partial charge in [0.2, 0.25) is 0 Å². The lowest BCUT2D eigenvalue weighted by atomic mass is 10.1. The van der Waals surface area contributed by atoms with E-state index in [4.69, 9.17) is 15.9 Å². The van der Waals surface area contributed by atoms with Gasteiger partial charge in [-0.1, -0.05) is 18.1 Å². The molecule has 5 heteroatoms. The topological polar surface area (TPSA) is 54.9 Å². The number of nitrogens with one attached hydrogen (secondary N) is 2. The summed E-state index contributed by atoms with van der Waals surface area (Å²) in [7, 11) is 1.67. The molecular formula is C19H27N3O2. The van der Waals surface area contributed by atoms with Crippen molar-refractivity contribution in [3.63, 3.8) is 0 Å². The van der Waals surface area contributed by atoms with Gasteiger partial charge in [-0.05, 0) is 38.7 Å². The van der Waals surface area contributed by atoms with Crippen molar-refractivity contribution >= 4 is 5.96 Å². The lowest BCUT2D eigenvalue weighted by Gasteiger charge is -2.19. The van der Waals surface area contributed by atoms with E-state index in [0.717, 1.165) is 36.4 Å². The van der Waals surface area contributed by atoms with Crippen LogP contribution in [0.4, 0.5) is 0 Å². The van der Waals surface area contributed by atoms with Crippen molar-refractivity contribution < 1.29 is 9.47 Å². The lowest BCUT2D eigenvalue weighted by Crippen LogP contribution is -2.37. The van der Waals surface area contributed by atoms with Crippen LogP contribution in [0.2, 0.25) is 0 Å². The Morgan fingerprint density at radius 3 is 2.79 bits per heavy atom. The third-order valence-corrected chi connectivity index (χ3v) is 3.98. The van der Waals surface area contributed by atoms with Crippen LogP contribution in [0.5, 0.6) is 11.5 Å². The van der Waals surface area contributed by atoms with Crippen molar-refractivity contribution in [3.05, 3.63) is 23.8 Å². The van der Waals surface area contributed by atoms with E-state index in [9.17, 15) is 0 Å². The van der Waals surface area contributed by atoms with Gasteiger partial charge in [0, 0.05) is 12.1 Å². The minimum atomic E-state index is 0.275. The van der Waals surface area contributed by atoms with Gasteiger partial charge >= 0.3 is 0 Å². The third kappa shape index (κ3) is 5.09. The number of terminal acetylenes is 1. The molecule has 0 amide bonds. The van der Waals surface area contributed by atoms with E-state index in [1.165, 1.54) is 12.8 Å². The van der Waals surface area contributed by atoms with Crippen molar-refractivity contribution in [1.82, 2.24) is 10.6 Å². The van der Waals surface area contributed by atoms with Crippen molar-refractivity contribution in [2.75, 3.05) is 20.2 Å². The summed E-state index contributed by atoms with van der Waals surface area (Å²) < 4.78 is 11.7. The highest BCUT2D eigenvalue weighted by molar-refractivity contribution is 5.80. The highest BCUT2D eigenvalue weighted by Gasteiger charge is 2.20. The molecule has 2 N–H and O–H groups in total. The number of guanidine groups is 1. The van der Waals surface area contributed by atoms with Crippen LogP contribution in [0.3, 0.4) is 0 Å². The lowest BCUT2D eigenvalue weighted by molar-refractivity contribution is 0.198. The van der Waals surface area contributed by atoms with Crippen LogP contribution >= 0.6 is 0 Å². The maximum atomic E-state index is 6.23. The largest absolute Gasteiger partial charge is 0.493 e. The zero-order valence-corrected chi connectivity index (χ0v) is 14.6. The van der Waals surface area contributed by atoms with Crippen LogP contribution in [0.1, 0.15) is 38.2 Å².